The first-order valence-electron chi connectivity index (χ1n) is 10.9. The molecule has 1 heterocycles. The number of benzene rings is 2. The SMILES string of the molecule is Cc1cc(/C=N/NC(=O)CN(c2ccc(C(C)C)cc2)S(C)(=O)=O)c(C)n1-c1ccc(Cl)cc1Cl. The molecule has 3 rings (SSSR count). The third-order valence-corrected chi connectivity index (χ3v) is 7.23. The lowest BCUT2D eigenvalue weighted by atomic mass is 10.0. The van der Waals surface area contributed by atoms with Crippen LogP contribution < -0.4 is 9.73 Å². The minimum absolute atomic E-state index is 0.311. The van der Waals surface area contributed by atoms with Gasteiger partial charge < -0.3 is 4.57 Å². The molecule has 0 saturated carbocycles. The predicted molar refractivity (Wildman–Crippen MR) is 144 cm³/mol. The van der Waals surface area contributed by atoms with E-state index in [2.05, 4.69) is 24.4 Å². The van der Waals surface area contributed by atoms with Gasteiger partial charge in [0.25, 0.3) is 5.91 Å². The van der Waals surface area contributed by atoms with Crippen molar-refractivity contribution in [2.75, 3.05) is 17.1 Å². The summed E-state index contributed by atoms with van der Waals surface area (Å²) >= 11 is 12.4. The maximum Gasteiger partial charge on any atom is 0.260 e. The van der Waals surface area contributed by atoms with Gasteiger partial charge in [-0.3, -0.25) is 9.10 Å². The Labute approximate surface area is 216 Å². The van der Waals surface area contributed by atoms with Gasteiger partial charge in [-0.15, -0.1) is 0 Å². The minimum atomic E-state index is -3.67. The normalized spacial score (nSPS) is 11.9. The van der Waals surface area contributed by atoms with Crippen LogP contribution in [0.5, 0.6) is 0 Å². The average Bonchev–Trinajstić information content (AvgIpc) is 3.04. The Bertz CT molecular complexity index is 1360. The van der Waals surface area contributed by atoms with E-state index >= 15 is 0 Å². The van der Waals surface area contributed by atoms with Crippen LogP contribution in [0.15, 0.2) is 53.6 Å². The topological polar surface area (TPSA) is 83.8 Å². The fourth-order valence-corrected chi connectivity index (χ4v) is 5.07. The Hall–Kier alpha value is -2.81. The molecule has 0 radical (unpaired) electrons. The number of rotatable bonds is 8. The van der Waals surface area contributed by atoms with E-state index in [1.807, 2.05) is 42.7 Å². The van der Waals surface area contributed by atoms with Gasteiger partial charge in [0, 0.05) is 22.0 Å². The summed E-state index contributed by atoms with van der Waals surface area (Å²) in [6.45, 7) is 7.55. The summed E-state index contributed by atoms with van der Waals surface area (Å²) < 4.78 is 27.7. The number of amides is 1. The van der Waals surface area contributed by atoms with Crippen LogP contribution in [0.3, 0.4) is 0 Å². The van der Waals surface area contributed by atoms with Crippen LogP contribution in [-0.4, -0.2) is 37.9 Å². The van der Waals surface area contributed by atoms with Crippen LogP contribution in [0.4, 0.5) is 5.69 Å². The number of carbonyl (C=O) groups excluding carboxylic acids is 1. The van der Waals surface area contributed by atoms with Crippen molar-refractivity contribution in [1.29, 1.82) is 0 Å². The summed E-state index contributed by atoms with van der Waals surface area (Å²) in [6, 6.07) is 14.3. The molecule has 35 heavy (non-hydrogen) atoms. The highest BCUT2D eigenvalue weighted by molar-refractivity contribution is 7.92. The van der Waals surface area contributed by atoms with Crippen molar-refractivity contribution in [2.45, 2.75) is 33.6 Å². The Morgan fingerprint density at radius 2 is 1.77 bits per heavy atom. The summed E-state index contributed by atoms with van der Waals surface area (Å²) in [7, 11) is -3.67. The molecule has 0 aliphatic rings. The minimum Gasteiger partial charge on any atom is -0.316 e. The monoisotopic (exact) mass is 534 g/mol. The molecule has 0 aliphatic carbocycles. The zero-order valence-corrected chi connectivity index (χ0v) is 22.5. The van der Waals surface area contributed by atoms with Gasteiger partial charge in [0.05, 0.1) is 28.9 Å². The van der Waals surface area contributed by atoms with Crippen LogP contribution in [0.25, 0.3) is 5.69 Å². The summed E-state index contributed by atoms with van der Waals surface area (Å²) in [5.41, 5.74) is 7.26. The van der Waals surface area contributed by atoms with E-state index in [0.717, 1.165) is 38.8 Å². The van der Waals surface area contributed by atoms with Crippen molar-refractivity contribution in [3.8, 4) is 5.69 Å². The second kappa shape index (κ2) is 10.8. The first-order valence-corrected chi connectivity index (χ1v) is 13.5. The zero-order valence-electron chi connectivity index (χ0n) is 20.2. The molecule has 1 N–H and O–H groups in total. The first-order chi connectivity index (χ1) is 16.4. The van der Waals surface area contributed by atoms with Gasteiger partial charge in [-0.25, -0.2) is 13.8 Å². The zero-order chi connectivity index (χ0) is 25.9. The molecule has 1 aromatic heterocycles. The lowest BCUT2D eigenvalue weighted by Crippen LogP contribution is -2.39. The van der Waals surface area contributed by atoms with E-state index in [0.29, 0.717) is 21.7 Å². The highest BCUT2D eigenvalue weighted by atomic mass is 35.5. The van der Waals surface area contributed by atoms with E-state index in [-0.39, 0.29) is 0 Å². The molecule has 2 aromatic carbocycles. The van der Waals surface area contributed by atoms with Crippen molar-refractivity contribution in [2.24, 2.45) is 5.10 Å². The molecule has 0 atom stereocenters. The highest BCUT2D eigenvalue weighted by Gasteiger charge is 2.21. The van der Waals surface area contributed by atoms with Crippen LogP contribution in [0, 0.1) is 13.8 Å². The maximum absolute atomic E-state index is 12.5. The van der Waals surface area contributed by atoms with Crippen molar-refractivity contribution < 1.29 is 13.2 Å². The predicted octanol–water partition coefficient (Wildman–Crippen LogP) is 5.44. The molecule has 7 nitrogen and oxygen atoms in total. The van der Waals surface area contributed by atoms with Crippen molar-refractivity contribution in [3.63, 3.8) is 0 Å². The molecule has 0 saturated heterocycles. The van der Waals surface area contributed by atoms with E-state index in [1.165, 1.54) is 6.21 Å². The Kier molecular flexibility index (Phi) is 8.30. The molecule has 0 spiro atoms. The molecule has 186 valence electrons. The molecule has 3 aromatic rings. The number of aryl methyl sites for hydroxylation is 1. The van der Waals surface area contributed by atoms with Crippen LogP contribution >= 0.6 is 23.2 Å². The second-order valence-electron chi connectivity index (χ2n) is 8.57. The van der Waals surface area contributed by atoms with Crippen LogP contribution in [0.2, 0.25) is 10.0 Å². The lowest BCUT2D eigenvalue weighted by molar-refractivity contribution is -0.119. The van der Waals surface area contributed by atoms with Crippen molar-refractivity contribution in [3.05, 3.63) is 81.1 Å². The lowest BCUT2D eigenvalue weighted by Gasteiger charge is -2.21. The number of nitrogens with one attached hydrogen (secondary N) is 1. The van der Waals surface area contributed by atoms with E-state index < -0.39 is 22.5 Å². The molecule has 0 bridgehead atoms. The summed E-state index contributed by atoms with van der Waals surface area (Å²) in [4.78, 5) is 12.5. The fraction of sp³-hybridized carbons (Fsp3) is 0.280. The number of anilines is 1. The summed E-state index contributed by atoms with van der Waals surface area (Å²) in [5.74, 6) is -0.250. The number of hydrazone groups is 1. The Morgan fingerprint density at radius 1 is 1.11 bits per heavy atom. The Morgan fingerprint density at radius 3 is 2.34 bits per heavy atom. The van der Waals surface area contributed by atoms with Gasteiger partial charge in [-0.1, -0.05) is 49.2 Å². The smallest absolute Gasteiger partial charge is 0.260 e. The molecule has 0 aliphatic heterocycles. The van der Waals surface area contributed by atoms with Crippen molar-refractivity contribution >= 4 is 51.0 Å². The van der Waals surface area contributed by atoms with Crippen LogP contribution in [-0.2, 0) is 14.8 Å². The Balaban J connectivity index is 1.75. The fourth-order valence-electron chi connectivity index (χ4n) is 3.72. The number of sulfonamides is 1. The molecular formula is C25H28Cl2N4O3S. The van der Waals surface area contributed by atoms with Crippen molar-refractivity contribution in [1.82, 2.24) is 9.99 Å². The van der Waals surface area contributed by atoms with Crippen LogP contribution in [0.1, 0.15) is 42.3 Å². The molecule has 1 amide bonds. The number of hydrogen-bond acceptors (Lipinski definition) is 4. The highest BCUT2D eigenvalue weighted by Crippen LogP contribution is 2.28. The summed E-state index contributed by atoms with van der Waals surface area (Å²) in [6.07, 6.45) is 2.58. The average molecular weight is 535 g/mol. The number of nitrogens with zero attached hydrogens (tertiary/aromatic N) is 3. The van der Waals surface area contributed by atoms with Gasteiger partial charge in [0.2, 0.25) is 10.0 Å². The van der Waals surface area contributed by atoms with E-state index in [4.69, 9.17) is 23.2 Å². The quantitative estimate of drug-likeness (QED) is 0.308. The molecule has 0 unspecified atom stereocenters. The van der Waals surface area contributed by atoms with Gasteiger partial charge in [0.1, 0.15) is 6.54 Å². The van der Waals surface area contributed by atoms with Gasteiger partial charge >= 0.3 is 0 Å². The van der Waals surface area contributed by atoms with E-state index in [9.17, 15) is 13.2 Å². The third kappa shape index (κ3) is 6.45. The number of carbonyl (C=O) groups is 1. The number of halogens is 2. The maximum atomic E-state index is 12.5. The molecule has 0 fully saturated rings. The molecule has 10 heteroatoms. The summed E-state index contributed by atoms with van der Waals surface area (Å²) in [5, 5.41) is 5.10. The van der Waals surface area contributed by atoms with E-state index in [1.54, 1.807) is 24.3 Å². The van der Waals surface area contributed by atoms with Gasteiger partial charge in [-0.2, -0.15) is 5.10 Å². The number of aromatic nitrogens is 1. The number of hydrogen-bond donors (Lipinski definition) is 1. The van der Waals surface area contributed by atoms with Gasteiger partial charge in [0.15, 0.2) is 0 Å². The third-order valence-electron chi connectivity index (χ3n) is 5.55. The van der Waals surface area contributed by atoms with Gasteiger partial charge in [-0.05, 0) is 61.7 Å². The first kappa shape index (κ1) is 26.8. The largest absolute Gasteiger partial charge is 0.316 e. The standard InChI is InChI=1S/C25H28Cl2N4O3S/c1-16(2)19-6-9-22(10-7-19)30(35(5,33)34)15-25(32)29-28-14-20-12-17(3)31(18(20)4)24-11-8-21(26)13-23(24)27/h6-14,16H,15H2,1-5H3,(H,29,32)/b28-14+. The molecular weight excluding hydrogens is 507 g/mol. The second-order valence-corrected chi connectivity index (χ2v) is 11.3.